The van der Waals surface area contributed by atoms with E-state index in [9.17, 15) is 0 Å². The van der Waals surface area contributed by atoms with Gasteiger partial charge in [0, 0.05) is 18.3 Å². The Balaban J connectivity index is 2.16. The molecule has 1 aliphatic carbocycles. The lowest BCUT2D eigenvalue weighted by atomic mass is 9.85. The third kappa shape index (κ3) is 2.94. The normalized spacial score (nSPS) is 26.5. The molecule has 102 valence electrons. The zero-order chi connectivity index (χ0) is 13.1. The summed E-state index contributed by atoms with van der Waals surface area (Å²) in [6, 6.07) is 0.732. The van der Waals surface area contributed by atoms with Gasteiger partial charge in [0.15, 0.2) is 0 Å². The van der Waals surface area contributed by atoms with E-state index in [2.05, 4.69) is 30.3 Å². The van der Waals surface area contributed by atoms with Crippen LogP contribution in [0, 0.1) is 11.8 Å². The first-order valence-corrected chi connectivity index (χ1v) is 7.37. The van der Waals surface area contributed by atoms with Gasteiger partial charge in [0.05, 0.1) is 12.0 Å². The molecule has 0 spiro atoms. The molecule has 3 nitrogen and oxygen atoms in total. The van der Waals surface area contributed by atoms with Gasteiger partial charge in [-0.05, 0) is 31.1 Å². The molecule has 1 aromatic heterocycles. The number of rotatable bonds is 4. The summed E-state index contributed by atoms with van der Waals surface area (Å²) in [7, 11) is 0. The zero-order valence-corrected chi connectivity index (χ0v) is 12.0. The van der Waals surface area contributed by atoms with E-state index in [-0.39, 0.29) is 6.04 Å². The highest BCUT2D eigenvalue weighted by atomic mass is 15.1. The van der Waals surface area contributed by atoms with Crippen molar-refractivity contribution < 1.29 is 0 Å². The van der Waals surface area contributed by atoms with Crippen LogP contribution in [0.15, 0.2) is 12.5 Å². The third-order valence-corrected chi connectivity index (χ3v) is 4.22. The molecule has 1 aliphatic rings. The van der Waals surface area contributed by atoms with Crippen molar-refractivity contribution >= 4 is 0 Å². The largest absolute Gasteiger partial charge is 0.330 e. The Kier molecular flexibility index (Phi) is 4.44. The van der Waals surface area contributed by atoms with Crippen LogP contribution in [0.3, 0.4) is 0 Å². The van der Waals surface area contributed by atoms with Gasteiger partial charge in [-0.15, -0.1) is 0 Å². The fraction of sp³-hybridized carbons (Fsp3) is 0.800. The highest BCUT2D eigenvalue weighted by molar-refractivity contribution is 5.07. The van der Waals surface area contributed by atoms with Crippen LogP contribution in [-0.4, -0.2) is 9.55 Å². The average molecular weight is 249 g/mol. The standard InChI is InChI=1S/C15H27N3/c1-11(2)8-13(16)15-9-17-10-18(15)14-7-5-4-6-12(14)3/h9-14H,4-8,16H2,1-3H3. The van der Waals surface area contributed by atoms with Gasteiger partial charge >= 0.3 is 0 Å². The molecule has 18 heavy (non-hydrogen) atoms. The lowest BCUT2D eigenvalue weighted by Gasteiger charge is -2.32. The monoisotopic (exact) mass is 249 g/mol. The highest BCUT2D eigenvalue weighted by Crippen LogP contribution is 2.35. The van der Waals surface area contributed by atoms with Crippen LogP contribution in [-0.2, 0) is 0 Å². The average Bonchev–Trinajstić information content (AvgIpc) is 2.77. The van der Waals surface area contributed by atoms with Crippen molar-refractivity contribution in [1.82, 2.24) is 9.55 Å². The van der Waals surface area contributed by atoms with Crippen LogP contribution >= 0.6 is 0 Å². The van der Waals surface area contributed by atoms with Gasteiger partial charge in [-0.2, -0.15) is 0 Å². The molecule has 3 atom stereocenters. The van der Waals surface area contributed by atoms with Gasteiger partial charge in [-0.1, -0.05) is 33.6 Å². The molecule has 0 bridgehead atoms. The number of nitrogens with two attached hydrogens (primary N) is 1. The maximum Gasteiger partial charge on any atom is 0.0951 e. The van der Waals surface area contributed by atoms with Crippen molar-refractivity contribution in [2.45, 2.75) is 65.0 Å². The molecule has 2 N–H and O–H groups in total. The third-order valence-electron chi connectivity index (χ3n) is 4.22. The Bertz CT molecular complexity index is 370. The quantitative estimate of drug-likeness (QED) is 0.884. The van der Waals surface area contributed by atoms with Gasteiger partial charge in [0.25, 0.3) is 0 Å². The summed E-state index contributed by atoms with van der Waals surface area (Å²) >= 11 is 0. The van der Waals surface area contributed by atoms with Crippen LogP contribution in [0.5, 0.6) is 0 Å². The molecular formula is C15H27N3. The number of nitrogens with zero attached hydrogens (tertiary/aromatic N) is 2. The fourth-order valence-electron chi connectivity index (χ4n) is 3.22. The van der Waals surface area contributed by atoms with E-state index < -0.39 is 0 Å². The Morgan fingerprint density at radius 3 is 2.78 bits per heavy atom. The van der Waals surface area contributed by atoms with Gasteiger partial charge < -0.3 is 10.3 Å². The minimum atomic E-state index is 0.127. The molecule has 3 heteroatoms. The molecule has 0 radical (unpaired) electrons. The van der Waals surface area contributed by atoms with Crippen molar-refractivity contribution in [2.24, 2.45) is 17.6 Å². The lowest BCUT2D eigenvalue weighted by molar-refractivity contribution is 0.249. The molecule has 0 aromatic carbocycles. The SMILES string of the molecule is CC(C)CC(N)c1cncn1C1CCCCC1C. The van der Waals surface area contributed by atoms with Crippen LogP contribution in [0.1, 0.15) is 70.7 Å². The Hall–Kier alpha value is -0.830. The number of hydrogen-bond acceptors (Lipinski definition) is 2. The number of aromatic nitrogens is 2. The van der Waals surface area contributed by atoms with Gasteiger partial charge in [0.1, 0.15) is 0 Å². The molecule has 3 unspecified atom stereocenters. The second-order valence-electron chi connectivity index (χ2n) is 6.29. The minimum absolute atomic E-state index is 0.127. The van der Waals surface area contributed by atoms with Crippen molar-refractivity contribution in [1.29, 1.82) is 0 Å². The maximum absolute atomic E-state index is 6.33. The predicted molar refractivity (Wildman–Crippen MR) is 75.3 cm³/mol. The summed E-state index contributed by atoms with van der Waals surface area (Å²) in [5.41, 5.74) is 7.56. The van der Waals surface area contributed by atoms with E-state index in [1.54, 1.807) is 0 Å². The maximum atomic E-state index is 6.33. The summed E-state index contributed by atoms with van der Waals surface area (Å²) < 4.78 is 2.36. The van der Waals surface area contributed by atoms with E-state index in [0.717, 1.165) is 12.3 Å². The van der Waals surface area contributed by atoms with Gasteiger partial charge in [-0.25, -0.2) is 4.98 Å². The smallest absolute Gasteiger partial charge is 0.0951 e. The summed E-state index contributed by atoms with van der Waals surface area (Å²) in [5.74, 6) is 1.38. The van der Waals surface area contributed by atoms with Crippen LogP contribution in [0.4, 0.5) is 0 Å². The molecule has 0 amide bonds. The first-order valence-electron chi connectivity index (χ1n) is 7.37. The number of hydrogen-bond donors (Lipinski definition) is 1. The summed E-state index contributed by atoms with van der Waals surface area (Å²) in [6.07, 6.45) is 10.3. The summed E-state index contributed by atoms with van der Waals surface area (Å²) in [4.78, 5) is 4.34. The second-order valence-corrected chi connectivity index (χ2v) is 6.29. The predicted octanol–water partition coefficient (Wildman–Crippen LogP) is 3.68. The van der Waals surface area contributed by atoms with E-state index in [1.807, 2.05) is 12.5 Å². The van der Waals surface area contributed by atoms with Crippen molar-refractivity contribution in [2.75, 3.05) is 0 Å². The zero-order valence-electron chi connectivity index (χ0n) is 12.0. The van der Waals surface area contributed by atoms with Gasteiger partial charge in [0.2, 0.25) is 0 Å². The van der Waals surface area contributed by atoms with Crippen molar-refractivity contribution in [3.8, 4) is 0 Å². The van der Waals surface area contributed by atoms with Crippen LogP contribution in [0.2, 0.25) is 0 Å². The van der Waals surface area contributed by atoms with Crippen molar-refractivity contribution in [3.05, 3.63) is 18.2 Å². The first kappa shape index (κ1) is 13.6. The molecule has 1 saturated carbocycles. The summed E-state index contributed by atoms with van der Waals surface area (Å²) in [5, 5.41) is 0. The van der Waals surface area contributed by atoms with Crippen LogP contribution in [0.25, 0.3) is 0 Å². The second kappa shape index (κ2) is 5.87. The van der Waals surface area contributed by atoms with E-state index in [0.29, 0.717) is 12.0 Å². The minimum Gasteiger partial charge on any atom is -0.330 e. The molecule has 1 aromatic rings. The van der Waals surface area contributed by atoms with Gasteiger partial charge in [-0.3, -0.25) is 0 Å². The molecule has 1 fully saturated rings. The molecule has 2 rings (SSSR count). The van der Waals surface area contributed by atoms with E-state index in [4.69, 9.17) is 5.73 Å². The Morgan fingerprint density at radius 1 is 1.39 bits per heavy atom. The lowest BCUT2D eigenvalue weighted by Crippen LogP contribution is -2.25. The topological polar surface area (TPSA) is 43.8 Å². The Labute approximate surface area is 111 Å². The van der Waals surface area contributed by atoms with E-state index in [1.165, 1.54) is 31.4 Å². The molecule has 0 saturated heterocycles. The van der Waals surface area contributed by atoms with Crippen molar-refractivity contribution in [3.63, 3.8) is 0 Å². The Morgan fingerprint density at radius 2 is 2.11 bits per heavy atom. The number of imidazole rings is 1. The fourth-order valence-corrected chi connectivity index (χ4v) is 3.22. The molecular weight excluding hydrogens is 222 g/mol. The molecule has 1 heterocycles. The van der Waals surface area contributed by atoms with Crippen LogP contribution < -0.4 is 5.73 Å². The molecule has 0 aliphatic heterocycles. The first-order chi connectivity index (χ1) is 8.59. The van der Waals surface area contributed by atoms with E-state index >= 15 is 0 Å². The highest BCUT2D eigenvalue weighted by Gasteiger charge is 2.25. The summed E-state index contributed by atoms with van der Waals surface area (Å²) in [6.45, 7) is 6.81.